The summed E-state index contributed by atoms with van der Waals surface area (Å²) in [5, 5.41) is 8.57. The van der Waals surface area contributed by atoms with Crippen LogP contribution in [0.1, 0.15) is 6.04 Å². The molecule has 9 heteroatoms. The fraction of sp³-hybridized carbons (Fsp3) is 0.190. The summed E-state index contributed by atoms with van der Waals surface area (Å²) in [5.41, 5.74) is 1.74. The number of nitrogens with one attached hydrogen (secondary N) is 1. The van der Waals surface area contributed by atoms with Crippen LogP contribution in [0.4, 0.5) is 10.2 Å². The number of hydrogen-bond donors (Lipinski definition) is 1. The normalized spacial score (nSPS) is 18.6. The monoisotopic (exact) mass is 404 g/mol. The summed E-state index contributed by atoms with van der Waals surface area (Å²) in [4.78, 5) is 25.1. The number of rotatable bonds is 4. The highest BCUT2D eigenvalue weighted by Gasteiger charge is 2.32. The first-order valence-electron chi connectivity index (χ1n) is 9.44. The first kappa shape index (κ1) is 18.3. The van der Waals surface area contributed by atoms with Crippen LogP contribution in [0.2, 0.25) is 0 Å². The van der Waals surface area contributed by atoms with Gasteiger partial charge < -0.3 is 10.1 Å². The van der Waals surface area contributed by atoms with Crippen molar-refractivity contribution in [3.63, 3.8) is 0 Å². The molecular formula is C21H17FN6O2. The molecule has 1 aliphatic heterocycles. The summed E-state index contributed by atoms with van der Waals surface area (Å²) in [6.45, 7) is 0.710. The van der Waals surface area contributed by atoms with E-state index in [2.05, 4.69) is 25.4 Å². The lowest BCUT2D eigenvalue weighted by atomic mass is 10.1. The van der Waals surface area contributed by atoms with Gasteiger partial charge >= 0.3 is 0 Å². The fourth-order valence-corrected chi connectivity index (χ4v) is 3.57. The van der Waals surface area contributed by atoms with Gasteiger partial charge in [0.05, 0.1) is 30.5 Å². The lowest BCUT2D eigenvalue weighted by Crippen LogP contribution is -2.37. The molecule has 150 valence electrons. The van der Waals surface area contributed by atoms with E-state index in [1.54, 1.807) is 24.5 Å². The second-order valence-corrected chi connectivity index (χ2v) is 6.98. The maximum absolute atomic E-state index is 13.5. The predicted octanol–water partition coefficient (Wildman–Crippen LogP) is 2.44. The zero-order chi connectivity index (χ0) is 20.5. The molecule has 1 aliphatic rings. The summed E-state index contributed by atoms with van der Waals surface area (Å²) in [7, 11) is 0. The third-order valence-corrected chi connectivity index (χ3v) is 5.07. The van der Waals surface area contributed by atoms with Gasteiger partial charge in [0, 0.05) is 35.5 Å². The standard InChI is InChI=1S/C21H17FN6O2/c22-14-3-4-15-17(8-14)24-12-25-21(15)26-18-10-30-11-19(18)28-20(29)6-5-16(27-28)13-2-1-7-23-9-13/h1-9,12,18-19H,10-11H2,(H,24,25,26). The van der Waals surface area contributed by atoms with Gasteiger partial charge in [-0.1, -0.05) is 0 Å². The molecule has 3 aromatic heterocycles. The van der Waals surface area contributed by atoms with Crippen molar-refractivity contribution in [3.8, 4) is 11.3 Å². The smallest absolute Gasteiger partial charge is 0.267 e. The molecule has 1 fully saturated rings. The predicted molar refractivity (Wildman–Crippen MR) is 108 cm³/mol. The molecule has 1 N–H and O–H groups in total. The summed E-state index contributed by atoms with van der Waals surface area (Å²) < 4.78 is 20.6. The molecule has 4 heterocycles. The van der Waals surface area contributed by atoms with Gasteiger partial charge in [-0.05, 0) is 30.3 Å². The third kappa shape index (κ3) is 3.39. The quantitative estimate of drug-likeness (QED) is 0.558. The fourth-order valence-electron chi connectivity index (χ4n) is 3.57. The average molecular weight is 404 g/mol. The van der Waals surface area contributed by atoms with E-state index in [0.717, 1.165) is 5.56 Å². The molecule has 0 amide bonds. The Morgan fingerprint density at radius 2 is 2.07 bits per heavy atom. The van der Waals surface area contributed by atoms with Crippen LogP contribution in [0.15, 0.2) is 66.0 Å². The number of benzene rings is 1. The van der Waals surface area contributed by atoms with Crippen LogP contribution in [0.3, 0.4) is 0 Å². The number of aromatic nitrogens is 5. The third-order valence-electron chi connectivity index (χ3n) is 5.07. The van der Waals surface area contributed by atoms with Crippen molar-refractivity contribution in [3.05, 3.63) is 77.4 Å². The van der Waals surface area contributed by atoms with E-state index in [9.17, 15) is 9.18 Å². The Morgan fingerprint density at radius 3 is 2.93 bits per heavy atom. The van der Waals surface area contributed by atoms with Crippen molar-refractivity contribution in [1.82, 2.24) is 24.7 Å². The van der Waals surface area contributed by atoms with E-state index in [0.29, 0.717) is 35.6 Å². The van der Waals surface area contributed by atoms with Crippen molar-refractivity contribution in [2.45, 2.75) is 12.1 Å². The van der Waals surface area contributed by atoms with Crippen molar-refractivity contribution < 1.29 is 9.13 Å². The van der Waals surface area contributed by atoms with Gasteiger partial charge in [-0.25, -0.2) is 19.0 Å². The summed E-state index contributed by atoms with van der Waals surface area (Å²) in [6.07, 6.45) is 4.76. The minimum absolute atomic E-state index is 0.223. The molecule has 0 aliphatic carbocycles. The van der Waals surface area contributed by atoms with Crippen molar-refractivity contribution in [1.29, 1.82) is 0 Å². The molecule has 2 unspecified atom stereocenters. The largest absolute Gasteiger partial charge is 0.377 e. The minimum atomic E-state index is -0.364. The highest BCUT2D eigenvalue weighted by Crippen LogP contribution is 2.26. The van der Waals surface area contributed by atoms with E-state index in [4.69, 9.17) is 4.74 Å². The number of hydrogen-bond acceptors (Lipinski definition) is 7. The van der Waals surface area contributed by atoms with E-state index in [-0.39, 0.29) is 23.5 Å². The topological polar surface area (TPSA) is 94.8 Å². The molecule has 4 aromatic rings. The molecule has 0 saturated carbocycles. The number of halogens is 1. The Bertz CT molecular complexity index is 1260. The molecule has 0 spiro atoms. The number of anilines is 1. The van der Waals surface area contributed by atoms with Crippen LogP contribution in [0.25, 0.3) is 22.2 Å². The van der Waals surface area contributed by atoms with E-state index in [1.165, 1.54) is 29.2 Å². The second-order valence-electron chi connectivity index (χ2n) is 6.98. The molecule has 5 rings (SSSR count). The average Bonchev–Trinajstić information content (AvgIpc) is 3.22. The van der Waals surface area contributed by atoms with Gasteiger partial charge in [0.25, 0.3) is 5.56 Å². The lowest BCUT2D eigenvalue weighted by Gasteiger charge is -2.21. The van der Waals surface area contributed by atoms with E-state index >= 15 is 0 Å². The Labute approximate surface area is 170 Å². The number of pyridine rings is 1. The van der Waals surface area contributed by atoms with E-state index in [1.807, 2.05) is 12.1 Å². The Balaban J connectivity index is 1.49. The maximum atomic E-state index is 13.5. The molecule has 1 aromatic carbocycles. The molecular weight excluding hydrogens is 387 g/mol. The van der Waals surface area contributed by atoms with Crippen LogP contribution in [-0.2, 0) is 4.74 Å². The molecule has 1 saturated heterocycles. The summed E-state index contributed by atoms with van der Waals surface area (Å²) >= 11 is 0. The lowest BCUT2D eigenvalue weighted by molar-refractivity contribution is 0.183. The first-order chi connectivity index (χ1) is 14.7. The van der Waals surface area contributed by atoms with Gasteiger partial charge in [0.2, 0.25) is 0 Å². The minimum Gasteiger partial charge on any atom is -0.377 e. The molecule has 2 atom stereocenters. The molecule has 0 bridgehead atoms. The first-order valence-corrected chi connectivity index (χ1v) is 9.44. The van der Waals surface area contributed by atoms with Crippen LogP contribution in [0.5, 0.6) is 0 Å². The van der Waals surface area contributed by atoms with Crippen LogP contribution in [0, 0.1) is 5.82 Å². The second kappa shape index (κ2) is 7.60. The molecule has 8 nitrogen and oxygen atoms in total. The van der Waals surface area contributed by atoms with Gasteiger partial charge in [-0.3, -0.25) is 9.78 Å². The van der Waals surface area contributed by atoms with Crippen molar-refractivity contribution in [2.24, 2.45) is 0 Å². The SMILES string of the molecule is O=c1ccc(-c2cccnc2)nn1C1COCC1Nc1ncnc2cc(F)ccc12. The Hall–Kier alpha value is -3.72. The van der Waals surface area contributed by atoms with Crippen LogP contribution >= 0.6 is 0 Å². The molecule has 0 radical (unpaired) electrons. The van der Waals surface area contributed by atoms with Crippen LogP contribution < -0.4 is 10.9 Å². The summed E-state index contributed by atoms with van der Waals surface area (Å²) in [6, 6.07) is 10.6. The maximum Gasteiger partial charge on any atom is 0.267 e. The zero-order valence-corrected chi connectivity index (χ0v) is 15.8. The highest BCUT2D eigenvalue weighted by molar-refractivity contribution is 5.88. The number of ether oxygens (including phenoxy) is 1. The van der Waals surface area contributed by atoms with Gasteiger partial charge in [0.1, 0.15) is 24.0 Å². The van der Waals surface area contributed by atoms with Gasteiger partial charge in [0.15, 0.2) is 0 Å². The van der Waals surface area contributed by atoms with E-state index < -0.39 is 0 Å². The Kier molecular flexibility index (Phi) is 4.64. The summed E-state index contributed by atoms with van der Waals surface area (Å²) in [5.74, 6) is 0.189. The number of nitrogens with zero attached hydrogens (tertiary/aromatic N) is 5. The Morgan fingerprint density at radius 1 is 1.13 bits per heavy atom. The number of fused-ring (bicyclic) bond motifs is 1. The van der Waals surface area contributed by atoms with Gasteiger partial charge in [-0.2, -0.15) is 5.10 Å². The zero-order valence-electron chi connectivity index (χ0n) is 15.8. The van der Waals surface area contributed by atoms with Crippen LogP contribution in [-0.4, -0.2) is 44.0 Å². The van der Waals surface area contributed by atoms with Crippen molar-refractivity contribution in [2.75, 3.05) is 18.5 Å². The van der Waals surface area contributed by atoms with Gasteiger partial charge in [-0.15, -0.1) is 0 Å². The molecule has 30 heavy (non-hydrogen) atoms. The van der Waals surface area contributed by atoms with Crippen molar-refractivity contribution >= 4 is 16.7 Å². The highest BCUT2D eigenvalue weighted by atomic mass is 19.1.